The van der Waals surface area contributed by atoms with Gasteiger partial charge in [0.05, 0.1) is 11.8 Å². The van der Waals surface area contributed by atoms with Gasteiger partial charge >= 0.3 is 5.97 Å². The van der Waals surface area contributed by atoms with E-state index in [1.807, 2.05) is 12.2 Å². The number of nitrogens with one attached hydrogen (secondary N) is 1. The molecule has 5 unspecified atom stereocenters. The number of carboxylic acids is 1. The van der Waals surface area contributed by atoms with E-state index in [9.17, 15) is 14.7 Å². The van der Waals surface area contributed by atoms with Gasteiger partial charge in [-0.2, -0.15) is 0 Å². The Balaban J connectivity index is 1.68. The lowest BCUT2D eigenvalue weighted by Gasteiger charge is -2.27. The maximum absolute atomic E-state index is 12.6. The minimum absolute atomic E-state index is 0.0344. The van der Waals surface area contributed by atoms with Gasteiger partial charge in [0.25, 0.3) is 0 Å². The molecule has 3 rings (SSSR count). The zero-order valence-corrected chi connectivity index (χ0v) is 12.8. The van der Waals surface area contributed by atoms with Crippen LogP contribution in [0.1, 0.15) is 39.5 Å². The highest BCUT2D eigenvalue weighted by Crippen LogP contribution is 2.48. The van der Waals surface area contributed by atoms with Crippen molar-refractivity contribution in [2.75, 3.05) is 0 Å². The van der Waals surface area contributed by atoms with Crippen LogP contribution in [0, 0.1) is 35.5 Å². The molecule has 0 heterocycles. The van der Waals surface area contributed by atoms with Gasteiger partial charge in [-0.25, -0.2) is 0 Å². The van der Waals surface area contributed by atoms with E-state index in [0.717, 1.165) is 19.3 Å². The summed E-state index contributed by atoms with van der Waals surface area (Å²) in [4.78, 5) is 24.1. The molecule has 2 bridgehead atoms. The molecule has 0 radical (unpaired) electrons. The van der Waals surface area contributed by atoms with Crippen molar-refractivity contribution >= 4 is 11.9 Å². The number of fused-ring (bicyclic) bond motifs is 2. The summed E-state index contributed by atoms with van der Waals surface area (Å²) < 4.78 is 0. The van der Waals surface area contributed by atoms with Crippen molar-refractivity contribution in [3.05, 3.63) is 12.2 Å². The van der Waals surface area contributed by atoms with Crippen molar-refractivity contribution in [2.45, 2.75) is 45.6 Å². The fourth-order valence-corrected chi connectivity index (χ4v) is 4.82. The van der Waals surface area contributed by atoms with Crippen molar-refractivity contribution < 1.29 is 14.7 Å². The summed E-state index contributed by atoms with van der Waals surface area (Å²) in [5, 5.41) is 12.6. The van der Waals surface area contributed by atoms with Gasteiger partial charge in [0, 0.05) is 6.04 Å². The maximum Gasteiger partial charge on any atom is 0.307 e. The summed E-state index contributed by atoms with van der Waals surface area (Å²) in [6.07, 6.45) is 8.20. The third-order valence-corrected chi connectivity index (χ3v) is 6.13. The second-order valence-corrected chi connectivity index (χ2v) is 7.06. The van der Waals surface area contributed by atoms with Gasteiger partial charge < -0.3 is 10.4 Å². The molecule has 2 N–H and O–H groups in total. The fourth-order valence-electron chi connectivity index (χ4n) is 4.82. The Morgan fingerprint density at radius 1 is 1.19 bits per heavy atom. The van der Waals surface area contributed by atoms with Gasteiger partial charge in [-0.05, 0) is 42.9 Å². The van der Waals surface area contributed by atoms with E-state index in [4.69, 9.17) is 0 Å². The summed E-state index contributed by atoms with van der Waals surface area (Å²) in [5.74, 6) is -0.404. The standard InChI is InChI=1S/C17H25NO3/c1-3-10-6-7-13(9(10)2)18-16(19)14-11-4-5-12(8-11)15(14)17(20)21/h4-5,9-15H,3,6-8H2,1-2H3,(H,18,19)(H,20,21)/t9?,10?,11?,12?,13?,14-,15+/m0/s1. The molecule has 2 saturated carbocycles. The molecule has 3 aliphatic carbocycles. The molecule has 0 saturated heterocycles. The van der Waals surface area contributed by atoms with Gasteiger partial charge in [-0.15, -0.1) is 0 Å². The topological polar surface area (TPSA) is 66.4 Å². The zero-order chi connectivity index (χ0) is 15.1. The van der Waals surface area contributed by atoms with Crippen molar-refractivity contribution in [1.29, 1.82) is 0 Å². The van der Waals surface area contributed by atoms with Crippen LogP contribution in [-0.2, 0) is 9.59 Å². The highest BCUT2D eigenvalue weighted by molar-refractivity contribution is 5.87. The Hall–Kier alpha value is -1.32. The molecule has 1 amide bonds. The molecular weight excluding hydrogens is 266 g/mol. The SMILES string of the molecule is CCC1CCC(NC(=O)[C@H]2C3C=CC(C3)[C@H]2C(=O)O)C1C. The fraction of sp³-hybridized carbons (Fsp3) is 0.765. The number of carboxylic acid groups (broad SMARTS) is 1. The van der Waals surface area contributed by atoms with E-state index >= 15 is 0 Å². The van der Waals surface area contributed by atoms with Gasteiger partial charge in [0.2, 0.25) is 5.91 Å². The van der Waals surface area contributed by atoms with Gasteiger partial charge in [-0.1, -0.05) is 32.4 Å². The van der Waals surface area contributed by atoms with Crippen LogP contribution in [0.25, 0.3) is 0 Å². The Morgan fingerprint density at radius 3 is 2.43 bits per heavy atom. The lowest BCUT2D eigenvalue weighted by Crippen LogP contribution is -2.45. The van der Waals surface area contributed by atoms with Crippen LogP contribution in [0.2, 0.25) is 0 Å². The third-order valence-electron chi connectivity index (χ3n) is 6.13. The first-order valence-electron chi connectivity index (χ1n) is 8.24. The van der Waals surface area contributed by atoms with E-state index in [0.29, 0.717) is 11.8 Å². The van der Waals surface area contributed by atoms with Crippen molar-refractivity contribution in [3.63, 3.8) is 0 Å². The zero-order valence-electron chi connectivity index (χ0n) is 12.8. The molecule has 0 aromatic carbocycles. The molecular formula is C17H25NO3. The van der Waals surface area contributed by atoms with Crippen LogP contribution in [0.3, 0.4) is 0 Å². The lowest BCUT2D eigenvalue weighted by atomic mass is 9.82. The molecule has 4 heteroatoms. The predicted octanol–water partition coefficient (Wildman–Crippen LogP) is 2.45. The van der Waals surface area contributed by atoms with Crippen LogP contribution in [-0.4, -0.2) is 23.0 Å². The lowest BCUT2D eigenvalue weighted by molar-refractivity contribution is -0.148. The monoisotopic (exact) mass is 291 g/mol. The largest absolute Gasteiger partial charge is 0.481 e. The number of aliphatic carboxylic acids is 1. The van der Waals surface area contributed by atoms with Gasteiger partial charge in [0.1, 0.15) is 0 Å². The third kappa shape index (κ3) is 2.39. The van der Waals surface area contributed by atoms with Crippen molar-refractivity contribution in [3.8, 4) is 0 Å². The first-order valence-corrected chi connectivity index (χ1v) is 8.24. The number of hydrogen-bond acceptors (Lipinski definition) is 2. The molecule has 7 atom stereocenters. The Morgan fingerprint density at radius 2 is 1.86 bits per heavy atom. The summed E-state index contributed by atoms with van der Waals surface area (Å²) in [5.41, 5.74) is 0. The van der Waals surface area contributed by atoms with Gasteiger partial charge in [-0.3, -0.25) is 9.59 Å². The molecule has 2 fully saturated rings. The molecule has 0 aliphatic heterocycles. The van der Waals surface area contributed by atoms with Crippen molar-refractivity contribution in [2.24, 2.45) is 35.5 Å². The summed E-state index contributed by atoms with van der Waals surface area (Å²) in [6.45, 7) is 4.41. The second-order valence-electron chi connectivity index (χ2n) is 7.06. The minimum Gasteiger partial charge on any atom is -0.481 e. The Bertz CT molecular complexity index is 473. The van der Waals surface area contributed by atoms with E-state index < -0.39 is 11.9 Å². The van der Waals surface area contributed by atoms with E-state index in [1.165, 1.54) is 6.42 Å². The molecule has 4 nitrogen and oxygen atoms in total. The predicted molar refractivity (Wildman–Crippen MR) is 79.5 cm³/mol. The molecule has 21 heavy (non-hydrogen) atoms. The average molecular weight is 291 g/mol. The van der Waals surface area contributed by atoms with E-state index in [2.05, 4.69) is 19.2 Å². The summed E-state index contributed by atoms with van der Waals surface area (Å²) in [7, 11) is 0. The highest BCUT2D eigenvalue weighted by atomic mass is 16.4. The molecule has 0 aromatic rings. The first kappa shape index (κ1) is 14.6. The Kier molecular flexibility index (Phi) is 3.80. The number of amides is 1. The highest BCUT2D eigenvalue weighted by Gasteiger charge is 2.52. The average Bonchev–Trinajstić information content (AvgIpc) is 3.13. The maximum atomic E-state index is 12.6. The van der Waals surface area contributed by atoms with Gasteiger partial charge in [0.15, 0.2) is 0 Å². The number of allylic oxidation sites excluding steroid dienone is 2. The first-order chi connectivity index (χ1) is 10.0. The van der Waals surface area contributed by atoms with Crippen LogP contribution in [0.5, 0.6) is 0 Å². The summed E-state index contributed by atoms with van der Waals surface area (Å²) >= 11 is 0. The minimum atomic E-state index is -0.821. The van der Waals surface area contributed by atoms with E-state index in [1.54, 1.807) is 0 Å². The molecule has 116 valence electrons. The van der Waals surface area contributed by atoms with Crippen molar-refractivity contribution in [1.82, 2.24) is 5.32 Å². The number of carbonyl (C=O) groups is 2. The normalized spacial score (nSPS) is 44.2. The quantitative estimate of drug-likeness (QED) is 0.782. The Labute approximate surface area is 126 Å². The number of hydrogen-bond donors (Lipinski definition) is 2. The van der Waals surface area contributed by atoms with E-state index in [-0.39, 0.29) is 29.7 Å². The number of rotatable bonds is 4. The molecule has 3 aliphatic rings. The number of carbonyl (C=O) groups excluding carboxylic acids is 1. The second kappa shape index (κ2) is 5.47. The summed E-state index contributed by atoms with van der Waals surface area (Å²) in [6, 6.07) is 0.222. The smallest absolute Gasteiger partial charge is 0.307 e. The van der Waals surface area contributed by atoms with Crippen LogP contribution in [0.15, 0.2) is 12.2 Å². The van der Waals surface area contributed by atoms with Crippen LogP contribution < -0.4 is 5.32 Å². The molecule has 0 spiro atoms. The molecule has 0 aromatic heterocycles. The van der Waals surface area contributed by atoms with Crippen LogP contribution >= 0.6 is 0 Å². The van der Waals surface area contributed by atoms with Crippen LogP contribution in [0.4, 0.5) is 0 Å².